The lowest BCUT2D eigenvalue weighted by molar-refractivity contribution is 0.473. The first kappa shape index (κ1) is 13.4. The van der Waals surface area contributed by atoms with E-state index in [9.17, 15) is 10.4 Å². The fourth-order valence-electron chi connectivity index (χ4n) is 2.03. The third kappa shape index (κ3) is 2.67. The SMILES string of the molecule is N#C/C(=C\c1ccc(Br)cc1O)c1nc2ccccc2[nH]1. The molecule has 0 aliphatic heterocycles. The second kappa shape index (κ2) is 5.43. The van der Waals surface area contributed by atoms with Gasteiger partial charge in [-0.05, 0) is 30.3 Å². The molecule has 0 bridgehead atoms. The predicted molar refractivity (Wildman–Crippen MR) is 85.4 cm³/mol. The van der Waals surface area contributed by atoms with Crippen LogP contribution in [0.4, 0.5) is 0 Å². The van der Waals surface area contributed by atoms with Gasteiger partial charge in [0.2, 0.25) is 0 Å². The summed E-state index contributed by atoms with van der Waals surface area (Å²) in [6.07, 6.45) is 1.61. The zero-order valence-electron chi connectivity index (χ0n) is 10.8. The van der Waals surface area contributed by atoms with Gasteiger partial charge in [-0.2, -0.15) is 5.26 Å². The standard InChI is InChI=1S/C16H10BrN3O/c17-12-6-5-10(15(21)8-12)7-11(9-18)16-19-13-3-1-2-4-14(13)20-16/h1-8,21H,(H,19,20)/b11-7+. The number of para-hydroxylation sites is 2. The van der Waals surface area contributed by atoms with Crippen molar-refractivity contribution in [1.82, 2.24) is 9.97 Å². The molecule has 2 N–H and O–H groups in total. The lowest BCUT2D eigenvalue weighted by Gasteiger charge is -2.00. The number of hydrogen-bond acceptors (Lipinski definition) is 3. The lowest BCUT2D eigenvalue weighted by Crippen LogP contribution is -1.85. The molecular formula is C16H10BrN3O. The van der Waals surface area contributed by atoms with Crippen LogP contribution in [0.15, 0.2) is 46.9 Å². The molecule has 21 heavy (non-hydrogen) atoms. The number of hydrogen-bond donors (Lipinski definition) is 2. The molecule has 3 rings (SSSR count). The zero-order valence-corrected chi connectivity index (χ0v) is 12.4. The Balaban J connectivity index is 2.09. The number of nitrogens with one attached hydrogen (secondary N) is 1. The van der Waals surface area contributed by atoms with Crippen molar-refractivity contribution in [3.8, 4) is 11.8 Å². The molecule has 0 aliphatic rings. The molecule has 0 amide bonds. The molecule has 0 saturated heterocycles. The Hall–Kier alpha value is -2.58. The van der Waals surface area contributed by atoms with Crippen molar-refractivity contribution in [1.29, 1.82) is 5.26 Å². The first-order valence-corrected chi connectivity index (χ1v) is 7.02. The minimum atomic E-state index is 0.105. The Morgan fingerprint density at radius 3 is 2.81 bits per heavy atom. The second-order valence-corrected chi connectivity index (χ2v) is 5.39. The third-order valence-electron chi connectivity index (χ3n) is 3.06. The second-order valence-electron chi connectivity index (χ2n) is 4.48. The number of H-pyrrole nitrogens is 1. The van der Waals surface area contributed by atoms with Gasteiger partial charge in [0.15, 0.2) is 0 Å². The Bertz CT molecular complexity index is 857. The number of aromatic hydroxyl groups is 1. The molecule has 1 heterocycles. The molecule has 0 spiro atoms. The molecule has 0 atom stereocenters. The summed E-state index contributed by atoms with van der Waals surface area (Å²) in [6.45, 7) is 0. The van der Waals surface area contributed by atoms with Gasteiger partial charge in [0.25, 0.3) is 0 Å². The maximum Gasteiger partial charge on any atom is 0.149 e. The largest absolute Gasteiger partial charge is 0.507 e. The van der Waals surface area contributed by atoms with Crippen LogP contribution >= 0.6 is 15.9 Å². The van der Waals surface area contributed by atoms with Crippen LogP contribution in [-0.4, -0.2) is 15.1 Å². The fraction of sp³-hybridized carbons (Fsp3) is 0. The number of rotatable bonds is 2. The van der Waals surface area contributed by atoms with Crippen molar-refractivity contribution in [3.63, 3.8) is 0 Å². The number of imidazole rings is 1. The summed E-state index contributed by atoms with van der Waals surface area (Å²) >= 11 is 3.28. The van der Waals surface area contributed by atoms with Crippen LogP contribution in [0, 0.1) is 11.3 Å². The molecule has 1 aromatic heterocycles. The molecule has 102 valence electrons. The van der Waals surface area contributed by atoms with Gasteiger partial charge in [-0.15, -0.1) is 0 Å². The van der Waals surface area contributed by atoms with Crippen LogP contribution in [0.3, 0.4) is 0 Å². The first-order valence-electron chi connectivity index (χ1n) is 6.23. The van der Waals surface area contributed by atoms with Crippen molar-refractivity contribution in [2.24, 2.45) is 0 Å². The number of nitriles is 1. The van der Waals surface area contributed by atoms with Gasteiger partial charge in [0.05, 0.1) is 16.6 Å². The van der Waals surface area contributed by atoms with E-state index >= 15 is 0 Å². The van der Waals surface area contributed by atoms with E-state index in [0.29, 0.717) is 17.0 Å². The predicted octanol–water partition coefficient (Wildman–Crippen LogP) is 4.10. The molecule has 0 saturated carbocycles. The van der Waals surface area contributed by atoms with Gasteiger partial charge in [0, 0.05) is 10.0 Å². The Kier molecular flexibility index (Phi) is 3.46. The van der Waals surface area contributed by atoms with Crippen LogP contribution in [0.5, 0.6) is 5.75 Å². The highest BCUT2D eigenvalue weighted by Crippen LogP contribution is 2.26. The topological polar surface area (TPSA) is 72.7 Å². The molecule has 3 aromatic rings. The number of allylic oxidation sites excluding steroid dienone is 1. The lowest BCUT2D eigenvalue weighted by atomic mass is 10.1. The van der Waals surface area contributed by atoms with Gasteiger partial charge in [0.1, 0.15) is 17.6 Å². The smallest absolute Gasteiger partial charge is 0.149 e. The Morgan fingerprint density at radius 1 is 1.29 bits per heavy atom. The molecule has 0 fully saturated rings. The van der Waals surface area contributed by atoms with E-state index in [-0.39, 0.29) is 5.75 Å². The number of halogens is 1. The summed E-state index contributed by atoms with van der Waals surface area (Å²) in [4.78, 5) is 7.49. The van der Waals surface area contributed by atoms with Crippen molar-refractivity contribution < 1.29 is 5.11 Å². The van der Waals surface area contributed by atoms with E-state index in [4.69, 9.17) is 0 Å². The minimum Gasteiger partial charge on any atom is -0.507 e. The number of fused-ring (bicyclic) bond motifs is 1. The Morgan fingerprint density at radius 2 is 2.10 bits per heavy atom. The van der Waals surface area contributed by atoms with Crippen LogP contribution in [0.2, 0.25) is 0 Å². The van der Waals surface area contributed by atoms with Gasteiger partial charge >= 0.3 is 0 Å². The zero-order chi connectivity index (χ0) is 14.8. The molecule has 5 heteroatoms. The van der Waals surface area contributed by atoms with Crippen LogP contribution in [0.25, 0.3) is 22.7 Å². The molecular weight excluding hydrogens is 330 g/mol. The van der Waals surface area contributed by atoms with Gasteiger partial charge in [-0.1, -0.05) is 34.1 Å². The number of nitrogens with zero attached hydrogens (tertiary/aromatic N) is 2. The van der Waals surface area contributed by atoms with Gasteiger partial charge < -0.3 is 10.1 Å². The molecule has 0 unspecified atom stereocenters. The molecule has 0 radical (unpaired) electrons. The monoisotopic (exact) mass is 339 g/mol. The van der Waals surface area contributed by atoms with E-state index in [0.717, 1.165) is 15.5 Å². The van der Waals surface area contributed by atoms with Crippen LogP contribution in [0.1, 0.15) is 11.4 Å². The quantitative estimate of drug-likeness (QED) is 0.690. The summed E-state index contributed by atoms with van der Waals surface area (Å²) in [5.74, 6) is 0.592. The summed E-state index contributed by atoms with van der Waals surface area (Å²) in [7, 11) is 0. The highest BCUT2D eigenvalue weighted by atomic mass is 79.9. The van der Waals surface area contributed by atoms with E-state index in [2.05, 4.69) is 32.0 Å². The van der Waals surface area contributed by atoms with E-state index in [1.807, 2.05) is 24.3 Å². The van der Waals surface area contributed by atoms with Crippen LogP contribution < -0.4 is 0 Å². The first-order chi connectivity index (χ1) is 10.2. The summed E-state index contributed by atoms with van der Waals surface area (Å²) < 4.78 is 0.777. The molecule has 0 aliphatic carbocycles. The van der Waals surface area contributed by atoms with Crippen molar-refractivity contribution in [2.75, 3.05) is 0 Å². The summed E-state index contributed by atoms with van der Waals surface area (Å²) in [5.41, 5.74) is 2.60. The van der Waals surface area contributed by atoms with E-state index in [1.54, 1.807) is 24.3 Å². The maximum absolute atomic E-state index is 9.91. The average molecular weight is 340 g/mol. The van der Waals surface area contributed by atoms with Gasteiger partial charge in [-0.3, -0.25) is 0 Å². The van der Waals surface area contributed by atoms with E-state index in [1.165, 1.54) is 0 Å². The number of phenolic OH excluding ortho intramolecular Hbond substituents is 1. The van der Waals surface area contributed by atoms with E-state index < -0.39 is 0 Å². The molecule has 4 nitrogen and oxygen atoms in total. The average Bonchev–Trinajstić information content (AvgIpc) is 2.90. The van der Waals surface area contributed by atoms with Crippen molar-refractivity contribution >= 4 is 38.6 Å². The summed E-state index contributed by atoms with van der Waals surface area (Å²) in [5, 5.41) is 19.3. The fourth-order valence-corrected chi connectivity index (χ4v) is 2.38. The highest BCUT2D eigenvalue weighted by molar-refractivity contribution is 9.10. The summed E-state index contributed by atoms with van der Waals surface area (Å²) in [6, 6.07) is 14.8. The number of phenols is 1. The normalized spacial score (nSPS) is 11.5. The minimum absolute atomic E-state index is 0.105. The number of aromatic nitrogens is 2. The maximum atomic E-state index is 9.91. The van der Waals surface area contributed by atoms with Crippen molar-refractivity contribution in [3.05, 3.63) is 58.3 Å². The van der Waals surface area contributed by atoms with Crippen molar-refractivity contribution in [2.45, 2.75) is 0 Å². The Labute approximate surface area is 129 Å². The number of benzene rings is 2. The molecule has 2 aromatic carbocycles. The van der Waals surface area contributed by atoms with Crippen LogP contribution in [-0.2, 0) is 0 Å². The highest BCUT2D eigenvalue weighted by Gasteiger charge is 2.09. The third-order valence-corrected chi connectivity index (χ3v) is 3.55. The van der Waals surface area contributed by atoms with Gasteiger partial charge in [-0.25, -0.2) is 4.98 Å². The number of aromatic amines is 1.